The second-order valence-corrected chi connectivity index (χ2v) is 9.25. The molecule has 1 heterocycles. The molecule has 1 aromatic rings. The van der Waals surface area contributed by atoms with Gasteiger partial charge in [0.25, 0.3) is 0 Å². The van der Waals surface area contributed by atoms with Crippen LogP contribution in [0.25, 0.3) is 0 Å². The fourth-order valence-corrected chi connectivity index (χ4v) is 4.97. The normalized spacial score (nSPS) is 26.3. The lowest BCUT2D eigenvalue weighted by molar-refractivity contribution is -0.0744. The molecule has 3 N–H and O–H groups in total. The first-order chi connectivity index (χ1) is 13.8. The summed E-state index contributed by atoms with van der Waals surface area (Å²) in [5.74, 6) is 1.81. The number of aliphatic hydroxyl groups is 1. The molecule has 2 aliphatic rings. The highest BCUT2D eigenvalue weighted by Crippen LogP contribution is 2.42. The van der Waals surface area contributed by atoms with Gasteiger partial charge in [0.2, 0.25) is 5.75 Å². The molecule has 164 valence electrons. The van der Waals surface area contributed by atoms with Gasteiger partial charge in [0.15, 0.2) is 11.5 Å². The predicted octanol–water partition coefficient (Wildman–Crippen LogP) is 3.30. The Morgan fingerprint density at radius 1 is 1.24 bits per heavy atom. The van der Waals surface area contributed by atoms with Crippen LogP contribution in [0.5, 0.6) is 17.2 Å². The van der Waals surface area contributed by atoms with Crippen LogP contribution in [-0.2, 0) is 17.7 Å². The summed E-state index contributed by atoms with van der Waals surface area (Å²) in [6.45, 7) is 9.03. The molecule has 4 atom stereocenters. The van der Waals surface area contributed by atoms with Crippen molar-refractivity contribution < 1.29 is 24.8 Å². The van der Waals surface area contributed by atoms with E-state index in [9.17, 15) is 15.3 Å². The van der Waals surface area contributed by atoms with Crippen LogP contribution in [-0.4, -0.2) is 59.2 Å². The Kier molecular flexibility index (Phi) is 7.30. The minimum absolute atomic E-state index is 0.149. The maximum Gasteiger partial charge on any atom is 0.200 e. The number of nitrogens with zero attached hydrogens (tertiary/aromatic N) is 1. The number of phenols is 2. The van der Waals surface area contributed by atoms with Gasteiger partial charge in [-0.15, -0.1) is 0 Å². The van der Waals surface area contributed by atoms with Gasteiger partial charge in [-0.1, -0.05) is 27.2 Å². The Morgan fingerprint density at radius 2 is 2.00 bits per heavy atom. The number of ether oxygens (including phenoxy) is 2. The second kappa shape index (κ2) is 9.54. The Hall–Kier alpha value is -1.50. The van der Waals surface area contributed by atoms with E-state index in [4.69, 9.17) is 9.47 Å². The molecule has 1 aliphatic heterocycles. The lowest BCUT2D eigenvalue weighted by Crippen LogP contribution is -2.41. The number of fused-ring (bicyclic) bond motifs is 1. The second-order valence-electron chi connectivity index (χ2n) is 9.25. The van der Waals surface area contributed by atoms with Crippen LogP contribution in [0.4, 0.5) is 0 Å². The lowest BCUT2D eigenvalue weighted by atomic mass is 9.75. The van der Waals surface area contributed by atoms with Crippen LogP contribution >= 0.6 is 0 Å². The van der Waals surface area contributed by atoms with Crippen molar-refractivity contribution in [1.29, 1.82) is 0 Å². The predicted molar refractivity (Wildman–Crippen MR) is 112 cm³/mol. The van der Waals surface area contributed by atoms with Gasteiger partial charge in [-0.3, -0.25) is 4.90 Å². The molecule has 3 rings (SSSR count). The van der Waals surface area contributed by atoms with E-state index in [0.717, 1.165) is 30.5 Å². The molecule has 4 unspecified atom stereocenters. The molecule has 0 saturated heterocycles. The highest BCUT2D eigenvalue weighted by molar-refractivity contribution is 5.58. The first-order valence-corrected chi connectivity index (χ1v) is 10.9. The summed E-state index contributed by atoms with van der Waals surface area (Å²) in [5.41, 5.74) is 1.86. The van der Waals surface area contributed by atoms with E-state index >= 15 is 0 Å². The van der Waals surface area contributed by atoms with Gasteiger partial charge < -0.3 is 24.8 Å². The Morgan fingerprint density at radius 3 is 2.69 bits per heavy atom. The molecule has 1 saturated carbocycles. The van der Waals surface area contributed by atoms with Gasteiger partial charge in [0, 0.05) is 25.2 Å². The average molecular weight is 408 g/mol. The first-order valence-electron chi connectivity index (χ1n) is 10.9. The molecule has 29 heavy (non-hydrogen) atoms. The van der Waals surface area contributed by atoms with E-state index in [1.54, 1.807) is 6.07 Å². The van der Waals surface area contributed by atoms with Crippen molar-refractivity contribution >= 4 is 0 Å². The van der Waals surface area contributed by atoms with E-state index in [0.29, 0.717) is 43.2 Å². The van der Waals surface area contributed by atoms with Gasteiger partial charge in [-0.2, -0.15) is 0 Å². The van der Waals surface area contributed by atoms with Crippen molar-refractivity contribution in [3.8, 4) is 17.2 Å². The third-order valence-electron chi connectivity index (χ3n) is 6.65. The summed E-state index contributed by atoms with van der Waals surface area (Å²) in [4.78, 5) is 2.15. The topological polar surface area (TPSA) is 82.4 Å². The molecule has 1 fully saturated rings. The van der Waals surface area contributed by atoms with Crippen molar-refractivity contribution in [2.24, 2.45) is 17.8 Å². The van der Waals surface area contributed by atoms with Crippen LogP contribution in [0.1, 0.15) is 51.2 Å². The van der Waals surface area contributed by atoms with Gasteiger partial charge in [0.05, 0.1) is 25.9 Å². The van der Waals surface area contributed by atoms with E-state index in [1.165, 1.54) is 20.0 Å². The molecule has 0 bridgehead atoms. The number of aromatic hydroxyl groups is 2. The first kappa shape index (κ1) is 22.2. The summed E-state index contributed by atoms with van der Waals surface area (Å²) >= 11 is 0. The molecule has 1 aromatic carbocycles. The third kappa shape index (κ3) is 5.16. The number of hydrogen-bond acceptors (Lipinski definition) is 6. The molecular formula is C23H37NO5. The van der Waals surface area contributed by atoms with Crippen molar-refractivity contribution in [2.75, 3.05) is 26.8 Å². The fourth-order valence-electron chi connectivity index (χ4n) is 4.97. The standard InChI is InChI=1S/C23H37NO5/c1-14(2)18-6-5-15(3)9-21(18)29-13-17(25)11-24-8-7-16-10-20(26)22(27)23(28-4)19(16)12-24/h10,14-15,17-18,21,25-27H,5-9,11-13H2,1-4H3. The van der Waals surface area contributed by atoms with Crippen molar-refractivity contribution in [3.63, 3.8) is 0 Å². The van der Waals surface area contributed by atoms with E-state index < -0.39 is 6.10 Å². The summed E-state index contributed by atoms with van der Waals surface area (Å²) in [6.07, 6.45) is 3.96. The van der Waals surface area contributed by atoms with Crippen molar-refractivity contribution in [3.05, 3.63) is 17.2 Å². The van der Waals surface area contributed by atoms with Crippen LogP contribution in [0.3, 0.4) is 0 Å². The molecular weight excluding hydrogens is 370 g/mol. The van der Waals surface area contributed by atoms with Crippen LogP contribution < -0.4 is 4.74 Å². The minimum Gasteiger partial charge on any atom is -0.504 e. The molecule has 0 spiro atoms. The average Bonchev–Trinajstić information content (AvgIpc) is 2.67. The highest BCUT2D eigenvalue weighted by atomic mass is 16.5. The Labute approximate surface area is 174 Å². The summed E-state index contributed by atoms with van der Waals surface area (Å²) in [7, 11) is 1.49. The molecule has 6 heteroatoms. The largest absolute Gasteiger partial charge is 0.504 e. The SMILES string of the molecule is COc1c(O)c(O)cc2c1CN(CC(O)COC1CC(C)CCC1C(C)C)CC2. The monoisotopic (exact) mass is 407 g/mol. The molecule has 6 nitrogen and oxygen atoms in total. The van der Waals surface area contributed by atoms with Crippen molar-refractivity contribution in [2.45, 2.75) is 65.2 Å². The number of phenolic OH excluding ortho intramolecular Hbond substituents is 2. The minimum atomic E-state index is -0.557. The van der Waals surface area contributed by atoms with Crippen molar-refractivity contribution in [1.82, 2.24) is 4.90 Å². The van der Waals surface area contributed by atoms with E-state index in [1.807, 2.05) is 0 Å². The van der Waals surface area contributed by atoms with E-state index in [2.05, 4.69) is 25.7 Å². The zero-order valence-corrected chi connectivity index (χ0v) is 18.2. The van der Waals surface area contributed by atoms with Crippen LogP contribution in [0.2, 0.25) is 0 Å². The van der Waals surface area contributed by atoms with Gasteiger partial charge in [-0.25, -0.2) is 0 Å². The maximum absolute atomic E-state index is 10.6. The number of methoxy groups -OCH3 is 1. The summed E-state index contributed by atoms with van der Waals surface area (Å²) in [5, 5.41) is 30.6. The molecule has 0 radical (unpaired) electrons. The van der Waals surface area contributed by atoms with Gasteiger partial charge in [0.1, 0.15) is 0 Å². The number of aliphatic hydroxyl groups excluding tert-OH is 1. The van der Waals surface area contributed by atoms with E-state index in [-0.39, 0.29) is 17.6 Å². The summed E-state index contributed by atoms with van der Waals surface area (Å²) in [6, 6.07) is 1.61. The maximum atomic E-state index is 10.6. The van der Waals surface area contributed by atoms with Gasteiger partial charge >= 0.3 is 0 Å². The van der Waals surface area contributed by atoms with Gasteiger partial charge in [-0.05, 0) is 48.6 Å². The fraction of sp³-hybridized carbons (Fsp3) is 0.739. The smallest absolute Gasteiger partial charge is 0.200 e. The summed E-state index contributed by atoms with van der Waals surface area (Å²) < 4.78 is 11.5. The number of rotatable bonds is 7. The number of benzene rings is 1. The zero-order valence-electron chi connectivity index (χ0n) is 18.2. The number of β-amino-alcohol motifs (C(OH)–C–C–N with tert-alkyl or cyclic N) is 1. The quantitative estimate of drug-likeness (QED) is 0.602. The molecule has 0 aromatic heterocycles. The molecule has 1 aliphatic carbocycles. The zero-order chi connectivity index (χ0) is 21.1. The third-order valence-corrected chi connectivity index (χ3v) is 6.65. The Bertz CT molecular complexity index is 692. The highest BCUT2D eigenvalue weighted by Gasteiger charge is 2.32. The molecule has 0 amide bonds. The number of hydrogen-bond donors (Lipinski definition) is 3. The van der Waals surface area contributed by atoms with Crippen LogP contribution in [0, 0.1) is 17.8 Å². The lowest BCUT2D eigenvalue weighted by Gasteiger charge is -2.38. The van der Waals surface area contributed by atoms with Crippen LogP contribution in [0.15, 0.2) is 6.07 Å². The Balaban J connectivity index is 1.57.